The molecule has 2 aromatic carbocycles. The van der Waals surface area contributed by atoms with Crippen LogP contribution in [0.2, 0.25) is 0 Å². The van der Waals surface area contributed by atoms with Crippen LogP contribution in [0.1, 0.15) is 108 Å². The van der Waals surface area contributed by atoms with Crippen LogP contribution in [-0.2, 0) is 4.79 Å². The SMILES string of the molecule is CC(=O)CCCCCCCCCCCCCCN1c2ccc3c(c2O)C1c1ccccc1-3. The quantitative estimate of drug-likeness (QED) is 0.290. The summed E-state index contributed by atoms with van der Waals surface area (Å²) in [4.78, 5) is 13.4. The summed E-state index contributed by atoms with van der Waals surface area (Å²) in [5.74, 6) is 0.832. The molecule has 1 N–H and O–H groups in total. The highest BCUT2D eigenvalue weighted by Gasteiger charge is 2.42. The standard InChI is InChI=1S/C29H39NO2/c1-22(31)16-12-10-8-6-4-2-3-5-7-9-11-15-21-30-26-20-19-24-23-17-13-14-18-25(23)28(30)27(24)29(26)32/h13-14,17-20,28,32H,2-12,15-16,21H2,1H3. The average Bonchev–Trinajstić information content (AvgIpc) is 3.18. The van der Waals surface area contributed by atoms with Gasteiger partial charge in [-0.1, -0.05) is 94.5 Å². The third-order valence-electron chi connectivity index (χ3n) is 7.31. The second-order valence-electron chi connectivity index (χ2n) is 9.77. The largest absolute Gasteiger partial charge is 0.505 e. The molecular formula is C29H39NO2. The van der Waals surface area contributed by atoms with Gasteiger partial charge in [-0.2, -0.15) is 0 Å². The van der Waals surface area contributed by atoms with Crippen molar-refractivity contribution in [1.29, 1.82) is 0 Å². The van der Waals surface area contributed by atoms with Crippen LogP contribution in [0.3, 0.4) is 0 Å². The Morgan fingerprint density at radius 3 is 2.03 bits per heavy atom. The van der Waals surface area contributed by atoms with Crippen LogP contribution in [0.15, 0.2) is 36.4 Å². The van der Waals surface area contributed by atoms with Crippen LogP contribution in [0.25, 0.3) is 11.1 Å². The van der Waals surface area contributed by atoms with E-state index in [9.17, 15) is 9.90 Å². The molecule has 0 amide bonds. The van der Waals surface area contributed by atoms with Gasteiger partial charge in [0.25, 0.3) is 0 Å². The van der Waals surface area contributed by atoms with Crippen molar-refractivity contribution in [2.24, 2.45) is 0 Å². The number of carbonyl (C=O) groups excluding carboxylic acids is 1. The Morgan fingerprint density at radius 1 is 0.781 bits per heavy atom. The molecule has 3 heteroatoms. The van der Waals surface area contributed by atoms with Gasteiger partial charge in [-0.25, -0.2) is 0 Å². The van der Waals surface area contributed by atoms with E-state index < -0.39 is 0 Å². The number of carbonyl (C=O) groups is 1. The molecule has 1 unspecified atom stereocenters. The first kappa shape index (κ1) is 22.9. The highest BCUT2D eigenvalue weighted by Crippen LogP contribution is 2.58. The van der Waals surface area contributed by atoms with Crippen molar-refractivity contribution >= 4 is 11.5 Å². The Morgan fingerprint density at radius 2 is 1.38 bits per heavy atom. The summed E-state index contributed by atoms with van der Waals surface area (Å²) < 4.78 is 0. The number of phenols is 1. The third-order valence-corrected chi connectivity index (χ3v) is 7.31. The van der Waals surface area contributed by atoms with Crippen LogP contribution >= 0.6 is 0 Å². The van der Waals surface area contributed by atoms with Crippen molar-refractivity contribution in [3.8, 4) is 16.9 Å². The molecule has 32 heavy (non-hydrogen) atoms. The number of nitrogens with zero attached hydrogens (tertiary/aromatic N) is 1. The van der Waals surface area contributed by atoms with Crippen molar-refractivity contribution in [3.05, 3.63) is 47.5 Å². The van der Waals surface area contributed by atoms with E-state index >= 15 is 0 Å². The number of rotatable bonds is 15. The zero-order valence-corrected chi connectivity index (χ0v) is 19.7. The van der Waals surface area contributed by atoms with E-state index in [-0.39, 0.29) is 6.04 Å². The zero-order valence-electron chi connectivity index (χ0n) is 19.7. The van der Waals surface area contributed by atoms with E-state index in [0.717, 1.165) is 30.6 Å². The van der Waals surface area contributed by atoms with Crippen LogP contribution < -0.4 is 4.90 Å². The first-order valence-corrected chi connectivity index (χ1v) is 12.9. The van der Waals surface area contributed by atoms with Crippen molar-refractivity contribution in [3.63, 3.8) is 0 Å². The molecule has 0 saturated heterocycles. The van der Waals surface area contributed by atoms with E-state index in [1.54, 1.807) is 6.92 Å². The summed E-state index contributed by atoms with van der Waals surface area (Å²) in [6.07, 6.45) is 16.2. The molecule has 0 aromatic heterocycles. The van der Waals surface area contributed by atoms with Crippen molar-refractivity contribution in [2.75, 3.05) is 11.4 Å². The van der Waals surface area contributed by atoms with Crippen molar-refractivity contribution in [1.82, 2.24) is 0 Å². The number of unbranched alkanes of at least 4 members (excludes halogenated alkanes) is 11. The molecule has 0 spiro atoms. The van der Waals surface area contributed by atoms with Crippen LogP contribution in [0.4, 0.5) is 5.69 Å². The molecule has 1 atom stereocenters. The molecule has 3 nitrogen and oxygen atoms in total. The maximum absolute atomic E-state index is 10.9. The molecule has 0 saturated carbocycles. The van der Waals surface area contributed by atoms with E-state index in [4.69, 9.17) is 0 Å². The average molecular weight is 434 g/mol. The van der Waals surface area contributed by atoms with Gasteiger partial charge in [-0.3, -0.25) is 0 Å². The first-order chi connectivity index (χ1) is 15.7. The number of aromatic hydroxyl groups is 1. The fourth-order valence-electron chi connectivity index (χ4n) is 5.61. The molecule has 2 bridgehead atoms. The normalized spacial score (nSPS) is 15.4. The lowest BCUT2D eigenvalue weighted by molar-refractivity contribution is -0.117. The molecule has 0 fully saturated rings. The number of ketones is 1. The minimum atomic E-state index is 0.216. The van der Waals surface area contributed by atoms with Crippen molar-refractivity contribution in [2.45, 2.75) is 96.4 Å². The highest BCUT2D eigenvalue weighted by atomic mass is 16.3. The highest BCUT2D eigenvalue weighted by molar-refractivity contribution is 5.90. The fourth-order valence-corrected chi connectivity index (χ4v) is 5.61. The molecule has 172 valence electrons. The smallest absolute Gasteiger partial charge is 0.145 e. The summed E-state index contributed by atoms with van der Waals surface area (Å²) >= 11 is 0. The van der Waals surface area contributed by atoms with Gasteiger partial charge in [0, 0.05) is 18.5 Å². The first-order valence-electron chi connectivity index (χ1n) is 12.9. The molecule has 1 aliphatic heterocycles. The Balaban J connectivity index is 1.08. The van der Waals surface area contributed by atoms with Crippen molar-refractivity contribution < 1.29 is 9.90 Å². The molecule has 4 rings (SSSR count). The number of benzene rings is 2. The molecule has 1 heterocycles. The summed E-state index contributed by atoms with van der Waals surface area (Å²) in [6, 6.07) is 13.1. The second kappa shape index (κ2) is 11.0. The van der Waals surface area contributed by atoms with Gasteiger partial charge >= 0.3 is 0 Å². The molecule has 1 aliphatic carbocycles. The summed E-state index contributed by atoms with van der Waals surface area (Å²) in [5.41, 5.74) is 6.00. The Hall–Kier alpha value is -2.29. The Labute approximate surface area is 193 Å². The maximum Gasteiger partial charge on any atom is 0.145 e. The predicted molar refractivity (Wildman–Crippen MR) is 133 cm³/mol. The number of hydrogen-bond acceptors (Lipinski definition) is 3. The topological polar surface area (TPSA) is 40.5 Å². The predicted octanol–water partition coefficient (Wildman–Crippen LogP) is 7.94. The maximum atomic E-state index is 10.9. The Bertz CT molecular complexity index is 919. The summed E-state index contributed by atoms with van der Waals surface area (Å²) in [6.45, 7) is 2.71. The van der Waals surface area contributed by atoms with Gasteiger partial charge in [0.15, 0.2) is 0 Å². The van der Waals surface area contributed by atoms with E-state index in [1.165, 1.54) is 87.3 Å². The zero-order chi connectivity index (χ0) is 22.3. The van der Waals surface area contributed by atoms with E-state index in [0.29, 0.717) is 11.5 Å². The van der Waals surface area contributed by atoms with Gasteiger partial charge in [-0.15, -0.1) is 0 Å². The summed E-state index contributed by atoms with van der Waals surface area (Å²) in [7, 11) is 0. The lowest BCUT2D eigenvalue weighted by Crippen LogP contribution is -2.25. The van der Waals surface area contributed by atoms with Crippen LogP contribution in [-0.4, -0.2) is 17.4 Å². The van der Waals surface area contributed by atoms with Gasteiger partial charge in [0.2, 0.25) is 0 Å². The molecule has 0 radical (unpaired) electrons. The number of phenolic OH excluding ortho intramolecular Hbond substituents is 1. The summed E-state index contributed by atoms with van der Waals surface area (Å²) in [5, 5.41) is 10.8. The van der Waals surface area contributed by atoms with E-state index in [2.05, 4.69) is 41.3 Å². The minimum Gasteiger partial charge on any atom is -0.505 e. The molecule has 2 aliphatic rings. The van der Waals surface area contributed by atoms with Crippen LogP contribution in [0.5, 0.6) is 5.75 Å². The fraction of sp³-hybridized carbons (Fsp3) is 0.552. The molecule has 2 aromatic rings. The number of Topliss-reactive ketones (excluding diaryl/α,β-unsaturated/α-hetero) is 1. The second-order valence-corrected chi connectivity index (χ2v) is 9.77. The lowest BCUT2D eigenvalue weighted by Gasteiger charge is -2.27. The number of hydrogen-bond donors (Lipinski definition) is 1. The van der Waals surface area contributed by atoms with Crippen LogP contribution in [0, 0.1) is 0 Å². The van der Waals surface area contributed by atoms with Gasteiger partial charge in [-0.05, 0) is 42.5 Å². The lowest BCUT2D eigenvalue weighted by atomic mass is 10.0. The van der Waals surface area contributed by atoms with E-state index in [1.807, 2.05) is 0 Å². The monoisotopic (exact) mass is 433 g/mol. The Kier molecular flexibility index (Phi) is 7.89. The van der Waals surface area contributed by atoms with Gasteiger partial charge in [0.1, 0.15) is 11.5 Å². The minimum absolute atomic E-state index is 0.216. The number of anilines is 1. The molecular weight excluding hydrogens is 394 g/mol. The third kappa shape index (κ3) is 5.03. The van der Waals surface area contributed by atoms with Gasteiger partial charge in [0.05, 0.1) is 11.7 Å². The number of fused-ring (bicyclic) bond motifs is 4. The van der Waals surface area contributed by atoms with Gasteiger partial charge < -0.3 is 14.8 Å².